The Morgan fingerprint density at radius 3 is 2.52 bits per heavy atom. The van der Waals surface area contributed by atoms with Crippen LogP contribution in [-0.2, 0) is 6.54 Å². The molecule has 0 unspecified atom stereocenters. The lowest BCUT2D eigenvalue weighted by molar-refractivity contribution is 0.112. The molecule has 0 saturated heterocycles. The molecule has 0 amide bonds. The van der Waals surface area contributed by atoms with Crippen LogP contribution in [0.1, 0.15) is 42.7 Å². The van der Waals surface area contributed by atoms with E-state index in [1.54, 1.807) is 18.3 Å². The molecular formula is C18H18FN3O. The van der Waals surface area contributed by atoms with E-state index in [9.17, 15) is 9.18 Å². The highest BCUT2D eigenvalue weighted by molar-refractivity contribution is 6.02. The number of benzene rings is 1. The number of halogens is 1. The van der Waals surface area contributed by atoms with E-state index >= 15 is 0 Å². The van der Waals surface area contributed by atoms with Crippen molar-refractivity contribution in [2.24, 2.45) is 0 Å². The fourth-order valence-corrected chi connectivity index (χ4v) is 2.84. The van der Waals surface area contributed by atoms with E-state index in [0.717, 1.165) is 34.1 Å². The predicted octanol–water partition coefficient (Wildman–Crippen LogP) is 4.19. The lowest BCUT2D eigenvalue weighted by Crippen LogP contribution is -2.06. The van der Waals surface area contributed by atoms with Crippen molar-refractivity contribution in [3.63, 3.8) is 0 Å². The second-order valence-corrected chi connectivity index (χ2v) is 5.76. The van der Waals surface area contributed by atoms with Gasteiger partial charge in [-0.25, -0.2) is 14.1 Å². The third-order valence-electron chi connectivity index (χ3n) is 3.95. The van der Waals surface area contributed by atoms with E-state index in [2.05, 4.69) is 10.1 Å². The zero-order valence-corrected chi connectivity index (χ0v) is 13.4. The molecule has 0 fully saturated rings. The van der Waals surface area contributed by atoms with Crippen LogP contribution in [0.4, 0.5) is 4.39 Å². The average Bonchev–Trinajstić information content (AvgIpc) is 2.96. The number of hydrogen-bond acceptors (Lipinski definition) is 3. The maximum atomic E-state index is 13.3. The van der Waals surface area contributed by atoms with E-state index in [-0.39, 0.29) is 11.7 Å². The van der Waals surface area contributed by atoms with Crippen molar-refractivity contribution in [2.75, 3.05) is 0 Å². The molecule has 2 heterocycles. The van der Waals surface area contributed by atoms with Gasteiger partial charge in [-0.2, -0.15) is 5.10 Å². The van der Waals surface area contributed by atoms with Gasteiger partial charge in [-0.3, -0.25) is 4.79 Å². The van der Waals surface area contributed by atoms with Crippen molar-refractivity contribution in [2.45, 2.75) is 33.2 Å². The van der Waals surface area contributed by atoms with Gasteiger partial charge in [0, 0.05) is 23.1 Å². The molecule has 3 rings (SSSR count). The van der Waals surface area contributed by atoms with Crippen LogP contribution in [0, 0.1) is 5.82 Å². The summed E-state index contributed by atoms with van der Waals surface area (Å²) in [7, 11) is 0. The standard InChI is InChI=1S/C18H18FN3O/c1-4-22-18-14(9-20-22)16(12-5-7-13(19)8-6-12)15(10-23)17(21-18)11(2)3/h5-11H,4H2,1-3H3. The minimum absolute atomic E-state index is 0.0963. The summed E-state index contributed by atoms with van der Waals surface area (Å²) in [5.41, 5.74) is 3.60. The van der Waals surface area contributed by atoms with Crippen LogP contribution >= 0.6 is 0 Å². The summed E-state index contributed by atoms with van der Waals surface area (Å²) < 4.78 is 15.1. The maximum absolute atomic E-state index is 13.3. The van der Waals surface area contributed by atoms with Crippen molar-refractivity contribution in [3.05, 3.63) is 47.5 Å². The SMILES string of the molecule is CCn1ncc2c(-c3ccc(F)cc3)c(C=O)c(C(C)C)nc21. The number of aryl methyl sites for hydroxylation is 1. The molecule has 0 aliphatic carbocycles. The van der Waals surface area contributed by atoms with Crippen molar-refractivity contribution in [1.29, 1.82) is 0 Å². The largest absolute Gasteiger partial charge is 0.298 e. The van der Waals surface area contributed by atoms with Crippen LogP contribution in [0.5, 0.6) is 0 Å². The van der Waals surface area contributed by atoms with Gasteiger partial charge >= 0.3 is 0 Å². The van der Waals surface area contributed by atoms with E-state index < -0.39 is 0 Å². The summed E-state index contributed by atoms with van der Waals surface area (Å²) in [5, 5.41) is 5.17. The van der Waals surface area contributed by atoms with Crippen LogP contribution in [0.2, 0.25) is 0 Å². The van der Waals surface area contributed by atoms with Crippen LogP contribution in [0.25, 0.3) is 22.2 Å². The van der Waals surface area contributed by atoms with Gasteiger partial charge in [-0.15, -0.1) is 0 Å². The fourth-order valence-electron chi connectivity index (χ4n) is 2.84. The number of aldehydes is 1. The number of fused-ring (bicyclic) bond motifs is 1. The molecule has 118 valence electrons. The van der Waals surface area contributed by atoms with Crippen molar-refractivity contribution >= 4 is 17.3 Å². The van der Waals surface area contributed by atoms with Gasteiger partial charge in [0.2, 0.25) is 0 Å². The number of hydrogen-bond donors (Lipinski definition) is 0. The zero-order chi connectivity index (χ0) is 16.6. The van der Waals surface area contributed by atoms with Gasteiger partial charge in [0.05, 0.1) is 11.9 Å². The molecule has 0 bridgehead atoms. The Kier molecular flexibility index (Phi) is 3.94. The van der Waals surface area contributed by atoms with Crippen LogP contribution in [0.15, 0.2) is 30.5 Å². The van der Waals surface area contributed by atoms with Gasteiger partial charge < -0.3 is 0 Å². The molecule has 0 aliphatic heterocycles. The van der Waals surface area contributed by atoms with Gasteiger partial charge in [-0.05, 0) is 30.5 Å². The first-order valence-electron chi connectivity index (χ1n) is 7.67. The van der Waals surface area contributed by atoms with Gasteiger partial charge in [0.15, 0.2) is 11.9 Å². The average molecular weight is 311 g/mol. The second-order valence-electron chi connectivity index (χ2n) is 5.76. The van der Waals surface area contributed by atoms with Crippen LogP contribution < -0.4 is 0 Å². The summed E-state index contributed by atoms with van der Waals surface area (Å²) in [6.45, 7) is 6.69. The van der Waals surface area contributed by atoms with Crippen molar-refractivity contribution < 1.29 is 9.18 Å². The van der Waals surface area contributed by atoms with Crippen molar-refractivity contribution in [3.8, 4) is 11.1 Å². The van der Waals surface area contributed by atoms with E-state index in [1.807, 2.05) is 25.5 Å². The summed E-state index contributed by atoms with van der Waals surface area (Å²) >= 11 is 0. The topological polar surface area (TPSA) is 47.8 Å². The van der Waals surface area contributed by atoms with Crippen molar-refractivity contribution in [1.82, 2.24) is 14.8 Å². The maximum Gasteiger partial charge on any atom is 0.158 e. The molecule has 0 N–H and O–H groups in total. The van der Waals surface area contributed by atoms with E-state index in [1.165, 1.54) is 12.1 Å². The van der Waals surface area contributed by atoms with Gasteiger partial charge in [-0.1, -0.05) is 26.0 Å². The molecule has 0 saturated carbocycles. The molecule has 0 spiro atoms. The smallest absolute Gasteiger partial charge is 0.158 e. The molecule has 2 aromatic heterocycles. The first kappa shape index (κ1) is 15.3. The minimum Gasteiger partial charge on any atom is -0.298 e. The molecule has 5 heteroatoms. The number of carbonyl (C=O) groups excluding carboxylic acids is 1. The van der Waals surface area contributed by atoms with Gasteiger partial charge in [0.1, 0.15) is 5.82 Å². The number of rotatable bonds is 4. The summed E-state index contributed by atoms with van der Waals surface area (Å²) in [4.78, 5) is 16.4. The molecule has 3 aromatic rings. The second kappa shape index (κ2) is 5.91. The van der Waals surface area contributed by atoms with Gasteiger partial charge in [0.25, 0.3) is 0 Å². The number of nitrogens with zero attached hydrogens (tertiary/aromatic N) is 3. The third kappa shape index (κ3) is 2.52. The molecule has 1 aromatic carbocycles. The Morgan fingerprint density at radius 1 is 1.26 bits per heavy atom. The third-order valence-corrected chi connectivity index (χ3v) is 3.95. The molecule has 0 atom stereocenters. The number of pyridine rings is 1. The molecular weight excluding hydrogens is 293 g/mol. The Balaban J connectivity index is 2.43. The fraction of sp³-hybridized carbons (Fsp3) is 0.278. The number of aromatic nitrogens is 3. The Bertz CT molecular complexity index is 866. The Morgan fingerprint density at radius 2 is 1.96 bits per heavy atom. The van der Waals surface area contributed by atoms with E-state index in [0.29, 0.717) is 12.1 Å². The molecule has 4 nitrogen and oxygen atoms in total. The Labute approximate surface area is 134 Å². The highest BCUT2D eigenvalue weighted by atomic mass is 19.1. The normalized spacial score (nSPS) is 11.3. The highest BCUT2D eigenvalue weighted by Gasteiger charge is 2.20. The monoisotopic (exact) mass is 311 g/mol. The lowest BCUT2D eigenvalue weighted by Gasteiger charge is -2.14. The summed E-state index contributed by atoms with van der Waals surface area (Å²) in [6, 6.07) is 6.17. The zero-order valence-electron chi connectivity index (χ0n) is 13.4. The Hall–Kier alpha value is -2.56. The number of carbonyl (C=O) groups is 1. The first-order chi connectivity index (χ1) is 11.1. The quantitative estimate of drug-likeness (QED) is 0.679. The summed E-state index contributed by atoms with van der Waals surface area (Å²) in [6.07, 6.45) is 2.56. The minimum atomic E-state index is -0.306. The van der Waals surface area contributed by atoms with Crippen LogP contribution in [0.3, 0.4) is 0 Å². The highest BCUT2D eigenvalue weighted by Crippen LogP contribution is 2.34. The first-order valence-corrected chi connectivity index (χ1v) is 7.67. The van der Waals surface area contributed by atoms with Crippen LogP contribution in [-0.4, -0.2) is 21.1 Å². The molecule has 0 aliphatic rings. The lowest BCUT2D eigenvalue weighted by atomic mass is 9.93. The van der Waals surface area contributed by atoms with E-state index in [4.69, 9.17) is 0 Å². The molecule has 0 radical (unpaired) electrons. The summed E-state index contributed by atoms with van der Waals surface area (Å²) in [5.74, 6) is -0.209. The predicted molar refractivity (Wildman–Crippen MR) is 88.1 cm³/mol. The molecule has 23 heavy (non-hydrogen) atoms.